The second-order valence-corrected chi connectivity index (χ2v) is 12.5. The highest BCUT2D eigenvalue weighted by Gasteiger charge is 2.51. The number of hydrogen-bond acceptors (Lipinski definition) is 13. The second-order valence-electron chi connectivity index (χ2n) is 12.5. The van der Waals surface area contributed by atoms with Gasteiger partial charge in [-0.1, -0.05) is 44.2 Å². The molecule has 0 aliphatic carbocycles. The van der Waals surface area contributed by atoms with E-state index in [1.807, 2.05) is 10.9 Å². The Labute approximate surface area is 309 Å². The zero-order chi connectivity index (χ0) is 40.5. The van der Waals surface area contributed by atoms with Gasteiger partial charge in [0.25, 0.3) is 11.8 Å². The molecule has 0 aromatic heterocycles. The minimum Gasteiger partial charge on any atom is -0.481 e. The third-order valence-electron chi connectivity index (χ3n) is 7.46. The summed E-state index contributed by atoms with van der Waals surface area (Å²) in [5.74, 6) is -9.43. The molecular formula is C33H46N6O15. The lowest BCUT2D eigenvalue weighted by Crippen LogP contribution is -2.61. The lowest BCUT2D eigenvalue weighted by molar-refractivity contribution is -0.145. The van der Waals surface area contributed by atoms with Crippen LogP contribution >= 0.6 is 0 Å². The molecule has 1 aromatic rings. The van der Waals surface area contributed by atoms with Gasteiger partial charge in [-0.05, 0) is 38.2 Å². The Kier molecular flexibility index (Phi) is 17.8. The van der Waals surface area contributed by atoms with E-state index in [9.17, 15) is 58.5 Å². The lowest BCUT2D eigenvalue weighted by Gasteiger charge is -2.27. The molecule has 1 heterocycles. The summed E-state index contributed by atoms with van der Waals surface area (Å²) in [4.78, 5) is 112. The molecule has 7 atom stereocenters. The van der Waals surface area contributed by atoms with E-state index in [1.54, 1.807) is 44.2 Å². The summed E-state index contributed by atoms with van der Waals surface area (Å²) >= 11 is 0. The highest BCUT2D eigenvalue weighted by molar-refractivity contribution is 5.98. The molecule has 2 rings (SSSR count). The predicted octanol–water partition coefficient (Wildman–Crippen LogP) is -2.02. The van der Waals surface area contributed by atoms with Crippen molar-refractivity contribution in [2.45, 2.75) is 102 Å². The maximum Gasteiger partial charge on any atom is 0.408 e. The van der Waals surface area contributed by atoms with Crippen LogP contribution in [0.5, 0.6) is 0 Å². The average Bonchev–Trinajstić information content (AvgIpc) is 3.91. The van der Waals surface area contributed by atoms with Crippen molar-refractivity contribution in [3.05, 3.63) is 35.9 Å². The van der Waals surface area contributed by atoms with Crippen molar-refractivity contribution in [1.29, 1.82) is 0 Å². The Morgan fingerprint density at radius 1 is 0.741 bits per heavy atom. The number of carbonyl (C=O) groups excluding carboxylic acids is 7. The number of hydrazine groups is 1. The SMILES string of the molecule is CCOC(=O)C1OC1C(=O)NNC(=O)[C@H](CC(=O)O)NC(=O)[C@@H](NC(=O)[C@H](CCC(=O)O)NC(=O)[C@H](CC(C)C)NC(=O)OCc1ccccc1)[C@@H](C)O. The number of aliphatic hydroxyl groups excluding tert-OH is 1. The summed E-state index contributed by atoms with van der Waals surface area (Å²) in [6.07, 6.45) is -7.25. The van der Waals surface area contributed by atoms with Crippen molar-refractivity contribution in [3.63, 3.8) is 0 Å². The topological polar surface area (TPSA) is 317 Å². The Morgan fingerprint density at radius 2 is 1.37 bits per heavy atom. The minimum absolute atomic E-state index is 0.0238. The standard InChI is InChI=1S/C33H46N6O15/c1-5-52-32(50)26-25(54-26)31(49)39-38-29(47)21(14-23(43)44)35-30(48)24(17(4)40)37-27(45)19(11-12-22(41)42)34-28(46)20(13-16(2)3)36-33(51)53-15-18-9-7-6-8-10-18/h6-10,16-17,19-21,24-26,40H,5,11-15H2,1-4H3,(H,34,46)(H,35,48)(H,36,51)(H,37,45)(H,38,47)(H,39,49)(H,41,42)(H,43,44)/t17-,19+,20+,21+,24+,25?,26?/m1/s1. The van der Waals surface area contributed by atoms with Gasteiger partial charge < -0.3 is 50.8 Å². The molecule has 0 saturated carbocycles. The van der Waals surface area contributed by atoms with Crippen molar-refractivity contribution in [2.24, 2.45) is 5.92 Å². The fourth-order valence-electron chi connectivity index (χ4n) is 4.72. The van der Waals surface area contributed by atoms with Crippen LogP contribution in [-0.2, 0) is 59.2 Å². The Morgan fingerprint density at radius 3 is 1.94 bits per heavy atom. The van der Waals surface area contributed by atoms with Gasteiger partial charge in [0.1, 0.15) is 30.8 Å². The Balaban J connectivity index is 2.13. The molecule has 298 valence electrons. The third-order valence-corrected chi connectivity index (χ3v) is 7.46. The van der Waals surface area contributed by atoms with Crippen LogP contribution in [-0.4, -0.2) is 118 Å². The van der Waals surface area contributed by atoms with Gasteiger partial charge in [0.2, 0.25) is 17.7 Å². The van der Waals surface area contributed by atoms with Gasteiger partial charge in [0, 0.05) is 6.42 Å². The predicted molar refractivity (Wildman–Crippen MR) is 181 cm³/mol. The van der Waals surface area contributed by atoms with Gasteiger partial charge in [0.05, 0.1) is 19.1 Å². The number of aliphatic hydroxyl groups is 1. The van der Waals surface area contributed by atoms with E-state index in [2.05, 4.69) is 21.3 Å². The molecule has 6 amide bonds. The molecular weight excluding hydrogens is 720 g/mol. The van der Waals surface area contributed by atoms with Crippen LogP contribution in [0.25, 0.3) is 0 Å². The van der Waals surface area contributed by atoms with E-state index >= 15 is 0 Å². The molecule has 0 spiro atoms. The van der Waals surface area contributed by atoms with Crippen molar-refractivity contribution < 1.29 is 72.7 Å². The number of rotatable bonds is 21. The summed E-state index contributed by atoms with van der Waals surface area (Å²) in [6.45, 7) is 6.04. The number of alkyl carbamates (subject to hydrolysis) is 1. The number of esters is 1. The van der Waals surface area contributed by atoms with Crippen LogP contribution in [0, 0.1) is 5.92 Å². The number of benzene rings is 1. The monoisotopic (exact) mass is 766 g/mol. The molecule has 0 bridgehead atoms. The average molecular weight is 767 g/mol. The van der Waals surface area contributed by atoms with Gasteiger partial charge in [-0.3, -0.25) is 44.4 Å². The van der Waals surface area contributed by atoms with Gasteiger partial charge >= 0.3 is 24.0 Å². The van der Waals surface area contributed by atoms with Crippen molar-refractivity contribution in [2.75, 3.05) is 6.61 Å². The molecule has 1 fully saturated rings. The first-order chi connectivity index (χ1) is 25.4. The van der Waals surface area contributed by atoms with E-state index in [1.165, 1.54) is 6.92 Å². The van der Waals surface area contributed by atoms with Crippen LogP contribution in [0.4, 0.5) is 4.79 Å². The van der Waals surface area contributed by atoms with E-state index in [-0.39, 0.29) is 25.6 Å². The minimum atomic E-state index is -1.89. The number of carboxylic acid groups (broad SMARTS) is 2. The largest absolute Gasteiger partial charge is 0.481 e. The number of amides is 6. The van der Waals surface area contributed by atoms with Crippen molar-refractivity contribution in [3.8, 4) is 0 Å². The molecule has 1 aliphatic heterocycles. The first kappa shape index (κ1) is 44.3. The zero-order valence-corrected chi connectivity index (χ0v) is 30.0. The highest BCUT2D eigenvalue weighted by atomic mass is 16.6. The van der Waals surface area contributed by atoms with Crippen LogP contribution in [0.15, 0.2) is 30.3 Å². The molecule has 1 aliphatic rings. The molecule has 1 saturated heterocycles. The molecule has 21 heteroatoms. The second kappa shape index (κ2) is 21.6. The van der Waals surface area contributed by atoms with Gasteiger partial charge in [0.15, 0.2) is 12.2 Å². The number of carboxylic acids is 2. The summed E-state index contributed by atoms with van der Waals surface area (Å²) in [5, 5.41) is 38.0. The van der Waals surface area contributed by atoms with E-state index < -0.39 is 115 Å². The number of hydrogen-bond donors (Lipinski definition) is 9. The van der Waals surface area contributed by atoms with E-state index in [4.69, 9.17) is 14.2 Å². The lowest BCUT2D eigenvalue weighted by atomic mass is 10.0. The fraction of sp³-hybridized carbons (Fsp3) is 0.545. The molecule has 0 radical (unpaired) electrons. The molecule has 9 N–H and O–H groups in total. The van der Waals surface area contributed by atoms with Crippen LogP contribution < -0.4 is 32.1 Å². The Bertz CT molecular complexity index is 1520. The summed E-state index contributed by atoms with van der Waals surface area (Å²) < 4.78 is 14.8. The Hall–Kier alpha value is -5.83. The van der Waals surface area contributed by atoms with Gasteiger partial charge in [-0.2, -0.15) is 0 Å². The van der Waals surface area contributed by atoms with Crippen LogP contribution in [0.3, 0.4) is 0 Å². The number of aliphatic carboxylic acids is 2. The number of carbonyl (C=O) groups is 9. The maximum absolute atomic E-state index is 13.4. The summed E-state index contributed by atoms with van der Waals surface area (Å²) in [6, 6.07) is 2.04. The third kappa shape index (κ3) is 15.4. The summed E-state index contributed by atoms with van der Waals surface area (Å²) in [5.41, 5.74) is 4.50. The molecule has 21 nitrogen and oxygen atoms in total. The number of nitrogens with one attached hydrogen (secondary N) is 6. The molecule has 54 heavy (non-hydrogen) atoms. The van der Waals surface area contributed by atoms with Crippen molar-refractivity contribution in [1.82, 2.24) is 32.1 Å². The summed E-state index contributed by atoms with van der Waals surface area (Å²) in [7, 11) is 0. The van der Waals surface area contributed by atoms with Gasteiger partial charge in [-0.25, -0.2) is 9.59 Å². The first-order valence-corrected chi connectivity index (χ1v) is 16.8. The fourth-order valence-corrected chi connectivity index (χ4v) is 4.72. The maximum atomic E-state index is 13.4. The van der Waals surface area contributed by atoms with Crippen LogP contribution in [0.1, 0.15) is 58.9 Å². The normalized spacial score (nSPS) is 17.2. The quantitative estimate of drug-likeness (QED) is 0.0371. The van der Waals surface area contributed by atoms with E-state index in [0.717, 1.165) is 6.92 Å². The smallest absolute Gasteiger partial charge is 0.408 e. The number of ether oxygens (including phenoxy) is 3. The van der Waals surface area contributed by atoms with Gasteiger partial charge in [-0.15, -0.1) is 0 Å². The van der Waals surface area contributed by atoms with Crippen molar-refractivity contribution >= 4 is 53.5 Å². The molecule has 2 unspecified atom stereocenters. The number of epoxide rings is 1. The highest BCUT2D eigenvalue weighted by Crippen LogP contribution is 2.23. The van der Waals surface area contributed by atoms with Crippen LogP contribution in [0.2, 0.25) is 0 Å². The molecule has 1 aromatic carbocycles. The van der Waals surface area contributed by atoms with E-state index in [0.29, 0.717) is 5.56 Å². The first-order valence-electron chi connectivity index (χ1n) is 16.8. The zero-order valence-electron chi connectivity index (χ0n) is 30.0.